The van der Waals surface area contributed by atoms with E-state index in [1.165, 1.54) is 36.7 Å². The van der Waals surface area contributed by atoms with Gasteiger partial charge in [-0.3, -0.25) is 0 Å². The van der Waals surface area contributed by atoms with Crippen LogP contribution in [0.25, 0.3) is 0 Å². The van der Waals surface area contributed by atoms with E-state index in [-0.39, 0.29) is 0 Å². The number of hydrogen-bond acceptors (Lipinski definition) is 1. The minimum atomic E-state index is 0.428. The monoisotopic (exact) mass is 250 g/mol. The summed E-state index contributed by atoms with van der Waals surface area (Å²) >= 11 is 0.428. The first-order valence-electron chi connectivity index (χ1n) is 4.03. The summed E-state index contributed by atoms with van der Waals surface area (Å²) in [6, 6.07) is 0. The molecule has 10 heavy (non-hydrogen) atoms. The van der Waals surface area contributed by atoms with Crippen LogP contribution in [-0.4, -0.2) is 14.1 Å². The summed E-state index contributed by atoms with van der Waals surface area (Å²) in [6.45, 7) is 1.37. The van der Waals surface area contributed by atoms with Gasteiger partial charge in [-0.1, -0.05) is 0 Å². The Morgan fingerprint density at radius 3 is 3.00 bits per heavy atom. The molecule has 0 spiro atoms. The van der Waals surface area contributed by atoms with Gasteiger partial charge in [-0.05, 0) is 0 Å². The van der Waals surface area contributed by atoms with Crippen molar-refractivity contribution >= 4 is 0 Å². The molecule has 0 atom stereocenters. The number of alkyl halides is 1. The molecule has 0 saturated carbocycles. The molecule has 1 fully saturated rings. The summed E-state index contributed by atoms with van der Waals surface area (Å²) < 4.78 is 4.20. The summed E-state index contributed by atoms with van der Waals surface area (Å²) in [7, 11) is 0. The molecule has 0 unspecified atom stereocenters. The Kier molecular flexibility index (Phi) is 2.16. The van der Waals surface area contributed by atoms with Gasteiger partial charge in [0.2, 0.25) is 0 Å². The second kappa shape index (κ2) is 3.11. The fraction of sp³-hybridized carbons (Fsp3) is 0.750. The van der Waals surface area contributed by atoms with Crippen molar-refractivity contribution in [2.75, 3.05) is 11.0 Å². The molecule has 0 N–H and O–H groups in total. The Bertz CT molecular complexity index is 147. The van der Waals surface area contributed by atoms with E-state index in [2.05, 4.69) is 9.19 Å². The number of hydrogen-bond donors (Lipinski definition) is 0. The van der Waals surface area contributed by atoms with Gasteiger partial charge in [0.15, 0.2) is 0 Å². The first-order chi connectivity index (χ1) is 4.97. The van der Waals surface area contributed by atoms with Crippen molar-refractivity contribution in [3.63, 3.8) is 0 Å². The first kappa shape index (κ1) is 6.95. The molecule has 1 nitrogen and oxygen atoms in total. The molecule has 1 heterocycles. The third-order valence-corrected chi connectivity index (χ3v) is 5.22. The van der Waals surface area contributed by atoms with Gasteiger partial charge in [-0.15, -0.1) is 0 Å². The van der Waals surface area contributed by atoms with Gasteiger partial charge in [0.05, 0.1) is 0 Å². The fourth-order valence-corrected chi connectivity index (χ4v) is 4.34. The van der Waals surface area contributed by atoms with E-state index in [1.54, 1.807) is 5.70 Å². The summed E-state index contributed by atoms with van der Waals surface area (Å²) in [5.74, 6) is 0. The molecule has 58 valence electrons. The quantitative estimate of drug-likeness (QED) is 0.320. The predicted molar refractivity (Wildman–Crippen MR) is 38.1 cm³/mol. The predicted octanol–water partition coefficient (Wildman–Crippen LogP) is -1.24. The third kappa shape index (κ3) is 1.31. The van der Waals surface area contributed by atoms with Crippen LogP contribution in [0.3, 0.4) is 0 Å². The van der Waals surface area contributed by atoms with E-state index >= 15 is 0 Å². The van der Waals surface area contributed by atoms with Crippen molar-refractivity contribution in [2.24, 2.45) is 0 Å². The molecule has 0 radical (unpaired) electrons. The molecule has 0 aromatic heterocycles. The van der Waals surface area contributed by atoms with Crippen LogP contribution in [0.4, 0.5) is 0 Å². The zero-order valence-electron chi connectivity index (χ0n) is 6.15. The van der Waals surface area contributed by atoms with Crippen LogP contribution in [0.5, 0.6) is 0 Å². The molecule has 2 aliphatic rings. The van der Waals surface area contributed by atoms with Crippen molar-refractivity contribution in [3.8, 4) is 0 Å². The average Bonchev–Trinajstić information content (AvgIpc) is 2.59. The first-order valence-corrected chi connectivity index (χ1v) is 6.52. The number of nitrogens with zero attached hydrogens (tertiary/aromatic N) is 1. The average molecular weight is 250 g/mol. The maximum absolute atomic E-state index is 2.67. The molecule has 0 aromatic rings. The van der Waals surface area contributed by atoms with Crippen LogP contribution in [0.15, 0.2) is 11.8 Å². The van der Waals surface area contributed by atoms with Crippen LogP contribution in [0.1, 0.15) is 25.7 Å². The number of rotatable bonds is 1. The summed E-state index contributed by atoms with van der Waals surface area (Å²) in [5.41, 5.74) is 1.69. The van der Waals surface area contributed by atoms with Crippen LogP contribution < -0.4 is 21.5 Å². The molecular formula is C8H13IN-. The van der Waals surface area contributed by atoms with E-state index < -0.39 is 0 Å². The van der Waals surface area contributed by atoms with E-state index in [1.807, 2.05) is 0 Å². The molecule has 1 aliphatic heterocycles. The van der Waals surface area contributed by atoms with Gasteiger partial charge < -0.3 is 0 Å². The molecule has 1 aliphatic carbocycles. The summed E-state index contributed by atoms with van der Waals surface area (Å²) in [4.78, 5) is 0. The van der Waals surface area contributed by atoms with E-state index in [0.717, 1.165) is 0 Å². The Morgan fingerprint density at radius 2 is 2.40 bits per heavy atom. The summed E-state index contributed by atoms with van der Waals surface area (Å²) in [6.07, 6.45) is 8.04. The molecule has 1 saturated heterocycles. The van der Waals surface area contributed by atoms with Crippen LogP contribution in [0.2, 0.25) is 0 Å². The minimum absolute atomic E-state index is 0.428. The third-order valence-electron chi connectivity index (χ3n) is 2.05. The van der Waals surface area contributed by atoms with Gasteiger partial charge in [0.1, 0.15) is 0 Å². The van der Waals surface area contributed by atoms with Crippen molar-refractivity contribution < 1.29 is 21.5 Å². The standard InChI is InChI=1S/C8H13IN/c1-2-5-8(4-1)10-7-3-6-9-10/h4H,1-3,5-7H2/q-1. The zero-order valence-corrected chi connectivity index (χ0v) is 8.30. The topological polar surface area (TPSA) is 3.24 Å². The second-order valence-corrected chi connectivity index (χ2v) is 5.76. The molecule has 2 rings (SSSR count). The van der Waals surface area contributed by atoms with Crippen molar-refractivity contribution in [2.45, 2.75) is 25.7 Å². The fourth-order valence-electron chi connectivity index (χ4n) is 1.51. The van der Waals surface area contributed by atoms with Gasteiger partial charge in [0, 0.05) is 0 Å². The van der Waals surface area contributed by atoms with Gasteiger partial charge in [0.25, 0.3) is 0 Å². The van der Waals surface area contributed by atoms with Crippen LogP contribution in [-0.2, 0) is 0 Å². The molecular weight excluding hydrogens is 237 g/mol. The normalized spacial score (nSPS) is 26.4. The van der Waals surface area contributed by atoms with E-state index in [9.17, 15) is 0 Å². The van der Waals surface area contributed by atoms with Gasteiger partial charge in [-0.2, -0.15) is 0 Å². The Morgan fingerprint density at radius 1 is 1.40 bits per heavy atom. The molecule has 2 heteroatoms. The SMILES string of the molecule is C1=C(N2CCC[I-]2)CCC1. The van der Waals surface area contributed by atoms with Crippen LogP contribution >= 0.6 is 0 Å². The van der Waals surface area contributed by atoms with E-state index in [0.29, 0.717) is 21.5 Å². The molecule has 0 amide bonds. The molecule has 0 bridgehead atoms. The second-order valence-electron chi connectivity index (χ2n) is 2.84. The van der Waals surface area contributed by atoms with E-state index in [4.69, 9.17) is 0 Å². The van der Waals surface area contributed by atoms with Gasteiger partial charge >= 0.3 is 73.0 Å². The number of allylic oxidation sites excluding steroid dienone is 2. The van der Waals surface area contributed by atoms with Crippen molar-refractivity contribution in [1.82, 2.24) is 3.11 Å². The zero-order chi connectivity index (χ0) is 6.81. The molecule has 0 aromatic carbocycles. The van der Waals surface area contributed by atoms with Crippen LogP contribution in [0, 0.1) is 0 Å². The van der Waals surface area contributed by atoms with Gasteiger partial charge in [-0.25, -0.2) is 0 Å². The van der Waals surface area contributed by atoms with Crippen molar-refractivity contribution in [3.05, 3.63) is 11.8 Å². The Balaban J connectivity index is 1.97. The Hall–Kier alpha value is 0.270. The Labute approximate surface area is 73.1 Å². The maximum atomic E-state index is 2.67. The summed E-state index contributed by atoms with van der Waals surface area (Å²) in [5, 5.41) is 0. The number of halogens is 1. The van der Waals surface area contributed by atoms with Crippen molar-refractivity contribution in [1.29, 1.82) is 0 Å².